The zero-order valence-corrected chi connectivity index (χ0v) is 11.5. The zero-order valence-electron chi connectivity index (χ0n) is 10.6. The summed E-state index contributed by atoms with van der Waals surface area (Å²) in [5.74, 6) is -0.227. The standard InChI is InChI=1S/C12H16N2O3S/c1-5-9(15)8-7-18-10(14-8)6-13-11(16)17-12(2,3)4/h5,7H,1,6H2,2-4H3,(H,13,16). The van der Waals surface area contributed by atoms with Gasteiger partial charge < -0.3 is 10.1 Å². The number of nitrogens with one attached hydrogen (secondary N) is 1. The summed E-state index contributed by atoms with van der Waals surface area (Å²) in [6.07, 6.45) is 0.703. The lowest BCUT2D eigenvalue weighted by Gasteiger charge is -2.19. The smallest absolute Gasteiger partial charge is 0.408 e. The van der Waals surface area contributed by atoms with E-state index in [4.69, 9.17) is 4.74 Å². The summed E-state index contributed by atoms with van der Waals surface area (Å²) >= 11 is 1.30. The van der Waals surface area contributed by atoms with Crippen LogP contribution in [-0.4, -0.2) is 22.5 Å². The topological polar surface area (TPSA) is 68.3 Å². The monoisotopic (exact) mass is 268 g/mol. The summed E-state index contributed by atoms with van der Waals surface area (Å²) in [5, 5.41) is 4.85. The first-order chi connectivity index (χ1) is 8.31. The summed E-state index contributed by atoms with van der Waals surface area (Å²) < 4.78 is 5.08. The lowest BCUT2D eigenvalue weighted by molar-refractivity contribution is 0.0523. The van der Waals surface area contributed by atoms with Gasteiger partial charge in [0, 0.05) is 5.38 Å². The molecule has 0 aliphatic heterocycles. The van der Waals surface area contributed by atoms with Crippen LogP contribution in [0.25, 0.3) is 0 Å². The maximum atomic E-state index is 11.4. The molecule has 1 N–H and O–H groups in total. The molecule has 0 unspecified atom stereocenters. The van der Waals surface area contributed by atoms with Gasteiger partial charge in [-0.25, -0.2) is 9.78 Å². The third-order valence-electron chi connectivity index (χ3n) is 1.77. The molecule has 0 atom stereocenters. The van der Waals surface area contributed by atoms with Crippen LogP contribution in [-0.2, 0) is 11.3 Å². The highest BCUT2D eigenvalue weighted by Gasteiger charge is 2.16. The molecule has 1 aromatic heterocycles. The Bertz CT molecular complexity index is 460. The second-order valence-corrected chi connectivity index (χ2v) is 5.49. The highest BCUT2D eigenvalue weighted by atomic mass is 32.1. The molecule has 5 nitrogen and oxygen atoms in total. The predicted molar refractivity (Wildman–Crippen MR) is 69.7 cm³/mol. The van der Waals surface area contributed by atoms with E-state index in [1.165, 1.54) is 17.4 Å². The van der Waals surface area contributed by atoms with E-state index in [-0.39, 0.29) is 12.3 Å². The molecule has 18 heavy (non-hydrogen) atoms. The maximum absolute atomic E-state index is 11.4. The van der Waals surface area contributed by atoms with E-state index in [1.54, 1.807) is 26.2 Å². The molecule has 0 aliphatic rings. The molecule has 1 aromatic rings. The predicted octanol–water partition coefficient (Wildman–Crippen LogP) is 2.54. The van der Waals surface area contributed by atoms with Crippen molar-refractivity contribution < 1.29 is 14.3 Å². The molecule has 0 aliphatic carbocycles. The van der Waals surface area contributed by atoms with Crippen LogP contribution in [0.5, 0.6) is 0 Å². The van der Waals surface area contributed by atoms with Crippen molar-refractivity contribution in [3.63, 3.8) is 0 Å². The van der Waals surface area contributed by atoms with Gasteiger partial charge in [-0.1, -0.05) is 6.58 Å². The van der Waals surface area contributed by atoms with Crippen molar-refractivity contribution in [2.45, 2.75) is 32.9 Å². The first-order valence-corrected chi connectivity index (χ1v) is 6.28. The van der Waals surface area contributed by atoms with Crippen molar-refractivity contribution in [3.8, 4) is 0 Å². The van der Waals surface area contributed by atoms with Gasteiger partial charge in [0.15, 0.2) is 0 Å². The minimum absolute atomic E-state index is 0.227. The summed E-state index contributed by atoms with van der Waals surface area (Å²) in [4.78, 5) is 26.7. The lowest BCUT2D eigenvalue weighted by atomic mass is 10.2. The third-order valence-corrected chi connectivity index (χ3v) is 2.62. The van der Waals surface area contributed by atoms with E-state index in [1.807, 2.05) is 0 Å². The number of amides is 1. The van der Waals surface area contributed by atoms with E-state index >= 15 is 0 Å². The number of rotatable bonds is 4. The van der Waals surface area contributed by atoms with Crippen LogP contribution < -0.4 is 5.32 Å². The first kappa shape index (κ1) is 14.4. The number of hydrogen-bond donors (Lipinski definition) is 1. The largest absolute Gasteiger partial charge is 0.444 e. The number of ketones is 1. The number of carbonyl (C=O) groups excluding carboxylic acids is 2. The molecule has 6 heteroatoms. The summed E-state index contributed by atoms with van der Waals surface area (Å²) in [5.41, 5.74) is -0.187. The van der Waals surface area contributed by atoms with E-state index in [2.05, 4.69) is 16.9 Å². The lowest BCUT2D eigenvalue weighted by Crippen LogP contribution is -2.32. The minimum Gasteiger partial charge on any atom is -0.444 e. The van der Waals surface area contributed by atoms with Gasteiger partial charge in [0.2, 0.25) is 5.78 Å². The maximum Gasteiger partial charge on any atom is 0.408 e. The number of ether oxygens (including phenoxy) is 1. The van der Waals surface area contributed by atoms with Crippen molar-refractivity contribution in [3.05, 3.63) is 28.7 Å². The molecular weight excluding hydrogens is 252 g/mol. The molecule has 1 amide bonds. The van der Waals surface area contributed by atoms with Crippen LogP contribution in [0, 0.1) is 0 Å². The van der Waals surface area contributed by atoms with Gasteiger partial charge >= 0.3 is 6.09 Å². The van der Waals surface area contributed by atoms with Crippen LogP contribution in [0.1, 0.15) is 36.3 Å². The van der Waals surface area contributed by atoms with E-state index < -0.39 is 11.7 Å². The van der Waals surface area contributed by atoms with Gasteiger partial charge in [-0.2, -0.15) is 0 Å². The number of alkyl carbamates (subject to hydrolysis) is 1. The molecule has 0 saturated heterocycles. The highest BCUT2D eigenvalue weighted by Crippen LogP contribution is 2.11. The number of thiazole rings is 1. The molecule has 1 heterocycles. The molecule has 0 saturated carbocycles. The molecule has 0 spiro atoms. The Morgan fingerprint density at radius 2 is 2.22 bits per heavy atom. The van der Waals surface area contributed by atoms with Gasteiger partial charge in [-0.05, 0) is 26.8 Å². The molecule has 0 radical (unpaired) electrons. The average molecular weight is 268 g/mol. The molecule has 0 aromatic carbocycles. The Labute approximate surface area is 110 Å². The van der Waals surface area contributed by atoms with Crippen LogP contribution in [0.2, 0.25) is 0 Å². The van der Waals surface area contributed by atoms with E-state index in [9.17, 15) is 9.59 Å². The van der Waals surface area contributed by atoms with Crippen molar-refractivity contribution in [1.29, 1.82) is 0 Å². The zero-order chi connectivity index (χ0) is 13.8. The third kappa shape index (κ3) is 4.67. The number of allylic oxidation sites excluding steroid dienone is 1. The van der Waals surface area contributed by atoms with Crippen molar-refractivity contribution >= 4 is 23.2 Å². The van der Waals surface area contributed by atoms with Crippen LogP contribution in [0.3, 0.4) is 0 Å². The summed E-state index contributed by atoms with van der Waals surface area (Å²) in [6.45, 7) is 8.99. The van der Waals surface area contributed by atoms with Gasteiger partial charge in [0.05, 0.1) is 6.54 Å². The number of aromatic nitrogens is 1. The second-order valence-electron chi connectivity index (χ2n) is 4.55. The fraction of sp³-hybridized carbons (Fsp3) is 0.417. The number of nitrogens with zero attached hydrogens (tertiary/aromatic N) is 1. The summed E-state index contributed by atoms with van der Waals surface area (Å²) in [7, 11) is 0. The fourth-order valence-corrected chi connectivity index (χ4v) is 1.79. The van der Waals surface area contributed by atoms with Crippen molar-refractivity contribution in [2.75, 3.05) is 0 Å². The van der Waals surface area contributed by atoms with Gasteiger partial charge in [-0.3, -0.25) is 4.79 Å². The number of hydrogen-bond acceptors (Lipinski definition) is 5. The Hall–Kier alpha value is -1.69. The Morgan fingerprint density at radius 1 is 1.56 bits per heavy atom. The molecule has 0 fully saturated rings. The van der Waals surface area contributed by atoms with Gasteiger partial charge in [-0.15, -0.1) is 11.3 Å². The van der Waals surface area contributed by atoms with Crippen LogP contribution in [0.4, 0.5) is 4.79 Å². The van der Waals surface area contributed by atoms with Crippen molar-refractivity contribution in [1.82, 2.24) is 10.3 Å². The quantitative estimate of drug-likeness (QED) is 0.673. The number of carbonyl (C=O) groups is 2. The van der Waals surface area contributed by atoms with Crippen molar-refractivity contribution in [2.24, 2.45) is 0 Å². The second kappa shape index (κ2) is 5.77. The molecule has 98 valence electrons. The van der Waals surface area contributed by atoms with E-state index in [0.29, 0.717) is 10.7 Å². The fourth-order valence-electron chi connectivity index (χ4n) is 1.07. The molecule has 1 rings (SSSR count). The molecular formula is C12H16N2O3S. The average Bonchev–Trinajstić information content (AvgIpc) is 2.71. The summed E-state index contributed by atoms with van der Waals surface area (Å²) in [6, 6.07) is 0. The van der Waals surface area contributed by atoms with Crippen LogP contribution in [0.15, 0.2) is 18.0 Å². The van der Waals surface area contributed by atoms with Gasteiger partial charge in [0.1, 0.15) is 16.3 Å². The minimum atomic E-state index is -0.531. The van der Waals surface area contributed by atoms with Gasteiger partial charge in [0.25, 0.3) is 0 Å². The Morgan fingerprint density at radius 3 is 2.78 bits per heavy atom. The Balaban J connectivity index is 2.49. The van der Waals surface area contributed by atoms with E-state index in [0.717, 1.165) is 0 Å². The Kier molecular flexibility index (Phi) is 4.61. The first-order valence-electron chi connectivity index (χ1n) is 5.40. The highest BCUT2D eigenvalue weighted by molar-refractivity contribution is 7.09. The SMILES string of the molecule is C=CC(=O)c1csc(CNC(=O)OC(C)(C)C)n1. The molecule has 0 bridgehead atoms. The normalized spacial score (nSPS) is 10.8. The van der Waals surface area contributed by atoms with Crippen LogP contribution >= 0.6 is 11.3 Å².